The summed E-state index contributed by atoms with van der Waals surface area (Å²) < 4.78 is 4.99. The van der Waals surface area contributed by atoms with Gasteiger partial charge in [-0.3, -0.25) is 5.43 Å². The van der Waals surface area contributed by atoms with Gasteiger partial charge in [-0.05, 0) is 19.3 Å². The minimum atomic E-state index is 0.236. The lowest BCUT2D eigenvalue weighted by atomic mass is 10.0. The van der Waals surface area contributed by atoms with Crippen molar-refractivity contribution in [1.82, 2.24) is 15.0 Å². The van der Waals surface area contributed by atoms with Crippen LogP contribution in [0.15, 0.2) is 0 Å². The maximum absolute atomic E-state index is 5.30. The highest BCUT2D eigenvalue weighted by molar-refractivity contribution is 5.35. The van der Waals surface area contributed by atoms with Crippen LogP contribution in [0.5, 0.6) is 6.01 Å². The SMILES string of the molecule is COc1nc(NN)nc(NC(C)CCCC(C)C)n1. The Bertz CT molecular complexity index is 362. The highest BCUT2D eigenvalue weighted by Gasteiger charge is 2.09. The zero-order valence-corrected chi connectivity index (χ0v) is 12.1. The van der Waals surface area contributed by atoms with Gasteiger partial charge >= 0.3 is 6.01 Å². The van der Waals surface area contributed by atoms with Crippen molar-refractivity contribution in [2.24, 2.45) is 11.8 Å². The fourth-order valence-electron chi connectivity index (χ4n) is 1.70. The first-order valence-corrected chi connectivity index (χ1v) is 6.58. The zero-order valence-electron chi connectivity index (χ0n) is 12.1. The van der Waals surface area contributed by atoms with Crippen LogP contribution < -0.4 is 21.3 Å². The molecule has 1 atom stereocenters. The van der Waals surface area contributed by atoms with E-state index in [4.69, 9.17) is 10.6 Å². The van der Waals surface area contributed by atoms with Crippen LogP contribution in [-0.4, -0.2) is 28.1 Å². The molecule has 0 fully saturated rings. The van der Waals surface area contributed by atoms with Gasteiger partial charge in [-0.25, -0.2) is 5.84 Å². The molecule has 19 heavy (non-hydrogen) atoms. The summed E-state index contributed by atoms with van der Waals surface area (Å²) in [6, 6.07) is 0.524. The summed E-state index contributed by atoms with van der Waals surface area (Å²) in [6.45, 7) is 6.56. The summed E-state index contributed by atoms with van der Waals surface area (Å²) in [4.78, 5) is 12.2. The summed E-state index contributed by atoms with van der Waals surface area (Å²) in [5.74, 6) is 6.78. The molecule has 0 aliphatic carbocycles. The second-order valence-electron chi connectivity index (χ2n) is 4.98. The molecule has 0 aliphatic heterocycles. The molecule has 1 rings (SSSR count). The third-order valence-electron chi connectivity index (χ3n) is 2.72. The Hall–Kier alpha value is -1.63. The van der Waals surface area contributed by atoms with E-state index in [9.17, 15) is 0 Å². The molecule has 0 bridgehead atoms. The van der Waals surface area contributed by atoms with Gasteiger partial charge in [0.05, 0.1) is 7.11 Å². The predicted octanol–water partition coefficient (Wildman–Crippen LogP) is 1.79. The number of rotatable bonds is 8. The molecule has 0 radical (unpaired) electrons. The molecular weight excluding hydrogens is 244 g/mol. The van der Waals surface area contributed by atoms with E-state index in [1.54, 1.807) is 0 Å². The van der Waals surface area contributed by atoms with Crippen molar-refractivity contribution in [3.8, 4) is 6.01 Å². The van der Waals surface area contributed by atoms with Crippen LogP contribution in [0.4, 0.5) is 11.9 Å². The number of anilines is 2. The average molecular weight is 268 g/mol. The number of hydrogen-bond acceptors (Lipinski definition) is 7. The van der Waals surface area contributed by atoms with Crippen molar-refractivity contribution < 1.29 is 4.74 Å². The third-order valence-corrected chi connectivity index (χ3v) is 2.72. The monoisotopic (exact) mass is 268 g/mol. The summed E-state index contributed by atoms with van der Waals surface area (Å²) in [7, 11) is 1.51. The predicted molar refractivity (Wildman–Crippen MR) is 76.0 cm³/mol. The van der Waals surface area contributed by atoms with Crippen molar-refractivity contribution >= 4 is 11.9 Å². The first-order chi connectivity index (χ1) is 9.05. The van der Waals surface area contributed by atoms with Crippen molar-refractivity contribution in [2.75, 3.05) is 17.9 Å². The van der Waals surface area contributed by atoms with E-state index < -0.39 is 0 Å². The second kappa shape index (κ2) is 7.73. The number of hydrogen-bond donors (Lipinski definition) is 3. The Morgan fingerprint density at radius 3 is 2.37 bits per heavy atom. The van der Waals surface area contributed by atoms with Crippen molar-refractivity contribution in [1.29, 1.82) is 0 Å². The van der Waals surface area contributed by atoms with Crippen LogP contribution in [0.1, 0.15) is 40.0 Å². The number of nitrogens with zero attached hydrogens (tertiary/aromatic N) is 3. The van der Waals surface area contributed by atoms with Crippen LogP contribution in [-0.2, 0) is 0 Å². The fraction of sp³-hybridized carbons (Fsp3) is 0.750. The van der Waals surface area contributed by atoms with Gasteiger partial charge in [0.15, 0.2) is 0 Å². The first kappa shape index (κ1) is 15.4. The van der Waals surface area contributed by atoms with Crippen LogP contribution in [0.25, 0.3) is 0 Å². The Balaban J connectivity index is 2.55. The normalized spacial score (nSPS) is 12.3. The van der Waals surface area contributed by atoms with Gasteiger partial charge in [-0.2, -0.15) is 15.0 Å². The van der Waals surface area contributed by atoms with Crippen LogP contribution in [0.3, 0.4) is 0 Å². The van der Waals surface area contributed by atoms with Crippen LogP contribution in [0.2, 0.25) is 0 Å². The molecular formula is C12H24N6O. The molecule has 0 saturated heterocycles. The molecule has 0 saturated carbocycles. The molecule has 4 N–H and O–H groups in total. The molecule has 1 aromatic heterocycles. The smallest absolute Gasteiger partial charge is 0.322 e. The van der Waals surface area contributed by atoms with E-state index >= 15 is 0 Å². The molecule has 108 valence electrons. The highest BCUT2D eigenvalue weighted by atomic mass is 16.5. The van der Waals surface area contributed by atoms with Gasteiger partial charge in [-0.1, -0.05) is 26.7 Å². The third kappa shape index (κ3) is 5.69. The summed E-state index contributed by atoms with van der Waals surface area (Å²) in [6.07, 6.45) is 3.47. The van der Waals surface area contributed by atoms with Gasteiger partial charge in [0, 0.05) is 6.04 Å². The number of hydrazine groups is 1. The van der Waals surface area contributed by atoms with Crippen molar-refractivity contribution in [2.45, 2.75) is 46.1 Å². The molecule has 1 heterocycles. The quantitative estimate of drug-likeness (QED) is 0.488. The van der Waals surface area contributed by atoms with E-state index in [1.165, 1.54) is 20.0 Å². The van der Waals surface area contributed by atoms with Crippen molar-refractivity contribution in [3.05, 3.63) is 0 Å². The molecule has 7 heteroatoms. The maximum Gasteiger partial charge on any atom is 0.322 e. The van der Waals surface area contributed by atoms with Gasteiger partial charge < -0.3 is 10.1 Å². The van der Waals surface area contributed by atoms with Gasteiger partial charge in [-0.15, -0.1) is 0 Å². The highest BCUT2D eigenvalue weighted by Crippen LogP contribution is 2.14. The summed E-state index contributed by atoms with van der Waals surface area (Å²) in [5, 5.41) is 3.23. The molecule has 1 unspecified atom stereocenters. The topological polar surface area (TPSA) is 98.0 Å². The maximum atomic E-state index is 5.30. The zero-order chi connectivity index (χ0) is 14.3. The molecule has 0 amide bonds. The Morgan fingerprint density at radius 2 is 1.79 bits per heavy atom. The van der Waals surface area contributed by atoms with Crippen molar-refractivity contribution in [3.63, 3.8) is 0 Å². The number of nitrogens with one attached hydrogen (secondary N) is 2. The Labute approximate surface area is 114 Å². The number of ether oxygens (including phenoxy) is 1. The van der Waals surface area contributed by atoms with Gasteiger partial charge in [0.1, 0.15) is 0 Å². The molecule has 0 spiro atoms. The van der Waals surface area contributed by atoms with E-state index in [-0.39, 0.29) is 18.0 Å². The molecule has 0 aliphatic rings. The number of methoxy groups -OCH3 is 1. The lowest BCUT2D eigenvalue weighted by Crippen LogP contribution is -2.19. The number of nitrogen functional groups attached to an aromatic ring is 1. The minimum Gasteiger partial charge on any atom is -0.467 e. The minimum absolute atomic E-state index is 0.236. The summed E-state index contributed by atoms with van der Waals surface area (Å²) in [5.41, 5.74) is 2.39. The van der Waals surface area contributed by atoms with Crippen LogP contribution >= 0.6 is 0 Å². The average Bonchev–Trinajstić information content (AvgIpc) is 2.37. The largest absolute Gasteiger partial charge is 0.467 e. The molecule has 0 aromatic carbocycles. The standard InChI is InChI=1S/C12H24N6O/c1-8(2)6-5-7-9(3)14-10-15-11(18-13)17-12(16-10)19-4/h8-9H,5-7,13H2,1-4H3,(H2,14,15,16,17,18). The second-order valence-corrected chi connectivity index (χ2v) is 4.98. The molecule has 7 nitrogen and oxygen atoms in total. The van der Waals surface area contributed by atoms with Crippen LogP contribution in [0, 0.1) is 5.92 Å². The summed E-state index contributed by atoms with van der Waals surface area (Å²) >= 11 is 0. The van der Waals surface area contributed by atoms with Gasteiger partial charge in [0.2, 0.25) is 11.9 Å². The van der Waals surface area contributed by atoms with E-state index in [1.807, 2.05) is 0 Å². The van der Waals surface area contributed by atoms with E-state index in [0.29, 0.717) is 5.95 Å². The Kier molecular flexibility index (Phi) is 6.27. The lowest BCUT2D eigenvalue weighted by Gasteiger charge is -2.15. The Morgan fingerprint density at radius 1 is 1.11 bits per heavy atom. The fourth-order valence-corrected chi connectivity index (χ4v) is 1.70. The van der Waals surface area contributed by atoms with E-state index in [0.717, 1.165) is 12.3 Å². The lowest BCUT2D eigenvalue weighted by molar-refractivity contribution is 0.379. The number of nitrogens with two attached hydrogens (primary N) is 1. The first-order valence-electron chi connectivity index (χ1n) is 6.58. The van der Waals surface area contributed by atoms with Gasteiger partial charge in [0.25, 0.3) is 0 Å². The number of aromatic nitrogens is 3. The molecule has 1 aromatic rings. The van der Waals surface area contributed by atoms with E-state index in [2.05, 4.69) is 46.5 Å².